The van der Waals surface area contributed by atoms with Gasteiger partial charge in [0.15, 0.2) is 5.96 Å². The smallest absolute Gasteiger partial charge is 0.193 e. The Hall–Kier alpha value is -1.56. The Balaban J connectivity index is 1.39. The molecular formula is C19H33N5O. The van der Waals surface area contributed by atoms with Crippen molar-refractivity contribution in [3.63, 3.8) is 0 Å². The summed E-state index contributed by atoms with van der Waals surface area (Å²) in [5.74, 6) is 2.85. The number of piperazine rings is 1. The minimum absolute atomic E-state index is 0.813. The van der Waals surface area contributed by atoms with Gasteiger partial charge in [-0.15, -0.1) is 0 Å². The Morgan fingerprint density at radius 2 is 1.92 bits per heavy atom. The van der Waals surface area contributed by atoms with Crippen molar-refractivity contribution in [2.45, 2.75) is 45.6 Å². The van der Waals surface area contributed by atoms with E-state index in [1.54, 1.807) is 6.26 Å². The van der Waals surface area contributed by atoms with E-state index in [4.69, 9.17) is 4.52 Å². The van der Waals surface area contributed by atoms with Crippen molar-refractivity contribution in [3.05, 3.63) is 18.0 Å². The zero-order chi connectivity index (χ0) is 17.5. The summed E-state index contributed by atoms with van der Waals surface area (Å²) in [5.41, 5.74) is 1.01. The van der Waals surface area contributed by atoms with Crippen LogP contribution in [0.25, 0.3) is 0 Å². The van der Waals surface area contributed by atoms with Crippen LogP contribution < -0.4 is 5.32 Å². The Bertz CT molecular complexity index is 514. The maximum Gasteiger partial charge on any atom is 0.193 e. The lowest BCUT2D eigenvalue weighted by Gasteiger charge is -2.37. The lowest BCUT2D eigenvalue weighted by molar-refractivity contribution is 0.168. The van der Waals surface area contributed by atoms with Crippen LogP contribution in [0.4, 0.5) is 0 Å². The normalized spacial score (nSPS) is 26.0. The molecule has 2 heterocycles. The molecule has 1 saturated carbocycles. The van der Waals surface area contributed by atoms with Crippen LogP contribution in [0, 0.1) is 11.8 Å². The highest BCUT2D eigenvalue weighted by Crippen LogP contribution is 2.30. The number of hydrogen-bond donors (Lipinski definition) is 1. The van der Waals surface area contributed by atoms with Gasteiger partial charge in [0.05, 0.1) is 5.69 Å². The summed E-state index contributed by atoms with van der Waals surface area (Å²) < 4.78 is 4.92. The van der Waals surface area contributed by atoms with Crippen molar-refractivity contribution in [2.24, 2.45) is 16.8 Å². The fourth-order valence-corrected chi connectivity index (χ4v) is 4.08. The third-order valence-corrected chi connectivity index (χ3v) is 5.85. The fourth-order valence-electron chi connectivity index (χ4n) is 4.08. The molecule has 25 heavy (non-hydrogen) atoms. The molecule has 0 bridgehead atoms. The van der Waals surface area contributed by atoms with Gasteiger partial charge < -0.3 is 14.7 Å². The van der Waals surface area contributed by atoms with Gasteiger partial charge in [-0.05, 0) is 24.7 Å². The quantitative estimate of drug-likeness (QED) is 0.655. The van der Waals surface area contributed by atoms with Gasteiger partial charge in [0.2, 0.25) is 0 Å². The van der Waals surface area contributed by atoms with Crippen LogP contribution in [0.3, 0.4) is 0 Å². The molecule has 1 aliphatic carbocycles. The molecule has 2 fully saturated rings. The summed E-state index contributed by atoms with van der Waals surface area (Å²) in [5, 5.41) is 7.64. The second kappa shape index (κ2) is 9.22. The van der Waals surface area contributed by atoms with E-state index in [2.05, 4.69) is 32.2 Å². The number of aromatic nitrogens is 1. The average Bonchev–Trinajstić information content (AvgIpc) is 3.17. The number of aliphatic imine (C=N–C) groups is 1. The summed E-state index contributed by atoms with van der Waals surface area (Å²) in [7, 11) is 1.90. The van der Waals surface area contributed by atoms with E-state index in [-0.39, 0.29) is 0 Å². The summed E-state index contributed by atoms with van der Waals surface area (Å²) in [6.45, 7) is 8.37. The highest BCUT2D eigenvalue weighted by Gasteiger charge is 2.23. The van der Waals surface area contributed by atoms with Crippen LogP contribution >= 0.6 is 0 Å². The van der Waals surface area contributed by atoms with Gasteiger partial charge in [0, 0.05) is 52.4 Å². The van der Waals surface area contributed by atoms with Gasteiger partial charge in [-0.25, -0.2) is 0 Å². The molecule has 0 unspecified atom stereocenters. The zero-order valence-electron chi connectivity index (χ0n) is 15.8. The van der Waals surface area contributed by atoms with Crippen LogP contribution in [-0.4, -0.2) is 60.7 Å². The second-order valence-corrected chi connectivity index (χ2v) is 7.48. The number of rotatable bonds is 5. The molecule has 6 nitrogen and oxygen atoms in total. The van der Waals surface area contributed by atoms with E-state index < -0.39 is 0 Å². The van der Waals surface area contributed by atoms with Gasteiger partial charge in [-0.2, -0.15) is 0 Å². The van der Waals surface area contributed by atoms with Crippen molar-refractivity contribution in [2.75, 3.05) is 39.8 Å². The van der Waals surface area contributed by atoms with E-state index >= 15 is 0 Å². The number of nitrogens with one attached hydrogen (secondary N) is 1. The largest absolute Gasteiger partial charge is 0.364 e. The van der Waals surface area contributed by atoms with Crippen LogP contribution in [0.1, 0.15) is 44.7 Å². The molecule has 3 rings (SSSR count). The number of guanidine groups is 1. The minimum Gasteiger partial charge on any atom is -0.364 e. The van der Waals surface area contributed by atoms with Gasteiger partial charge in [0.25, 0.3) is 0 Å². The molecule has 6 heteroatoms. The molecule has 1 N–H and O–H groups in total. The van der Waals surface area contributed by atoms with Crippen molar-refractivity contribution < 1.29 is 4.52 Å². The molecule has 140 valence electrons. The Kier molecular flexibility index (Phi) is 6.73. The van der Waals surface area contributed by atoms with E-state index in [1.807, 2.05) is 13.1 Å². The van der Waals surface area contributed by atoms with E-state index in [0.717, 1.165) is 62.8 Å². The SMILES string of the molecule is CCC1CCC(CNC(=NC)N2CCN(Cc3ccon3)CC2)CC1. The third kappa shape index (κ3) is 5.21. The molecule has 0 radical (unpaired) electrons. The highest BCUT2D eigenvalue weighted by molar-refractivity contribution is 5.80. The second-order valence-electron chi connectivity index (χ2n) is 7.48. The molecule has 0 amide bonds. The predicted octanol–water partition coefficient (Wildman–Crippen LogP) is 2.58. The summed E-state index contributed by atoms with van der Waals surface area (Å²) >= 11 is 0. The third-order valence-electron chi connectivity index (χ3n) is 5.85. The standard InChI is InChI=1S/C19H33N5O/c1-3-16-4-6-17(7-5-16)14-21-19(20-2)24-11-9-23(10-12-24)15-18-8-13-25-22-18/h8,13,16-17H,3-7,9-12,14-15H2,1-2H3,(H,20,21). The molecule has 0 spiro atoms. The zero-order valence-corrected chi connectivity index (χ0v) is 15.8. The van der Waals surface area contributed by atoms with Crippen molar-refractivity contribution in [1.29, 1.82) is 0 Å². The average molecular weight is 348 g/mol. The topological polar surface area (TPSA) is 56.9 Å². The fraction of sp³-hybridized carbons (Fsp3) is 0.789. The first-order valence-corrected chi connectivity index (χ1v) is 9.85. The Morgan fingerprint density at radius 3 is 2.52 bits per heavy atom. The molecule has 2 aliphatic rings. The van der Waals surface area contributed by atoms with Crippen molar-refractivity contribution in [1.82, 2.24) is 20.3 Å². The van der Waals surface area contributed by atoms with Crippen LogP contribution in [0.5, 0.6) is 0 Å². The monoisotopic (exact) mass is 347 g/mol. The van der Waals surface area contributed by atoms with Gasteiger partial charge >= 0.3 is 0 Å². The predicted molar refractivity (Wildman–Crippen MR) is 100 cm³/mol. The number of hydrogen-bond acceptors (Lipinski definition) is 4. The molecule has 0 atom stereocenters. The summed E-state index contributed by atoms with van der Waals surface area (Å²) in [6, 6.07) is 1.94. The first-order chi connectivity index (χ1) is 12.3. The molecule has 1 aromatic heterocycles. The Labute approximate surface area is 151 Å². The van der Waals surface area contributed by atoms with Gasteiger partial charge in [-0.1, -0.05) is 31.3 Å². The van der Waals surface area contributed by atoms with Crippen LogP contribution in [-0.2, 0) is 6.54 Å². The minimum atomic E-state index is 0.813. The van der Waals surface area contributed by atoms with E-state index in [1.165, 1.54) is 32.1 Å². The van der Waals surface area contributed by atoms with Gasteiger partial charge in [0.1, 0.15) is 6.26 Å². The van der Waals surface area contributed by atoms with E-state index in [9.17, 15) is 0 Å². The lowest BCUT2D eigenvalue weighted by atomic mass is 9.81. The molecule has 0 aromatic carbocycles. The van der Waals surface area contributed by atoms with Crippen LogP contribution in [0.2, 0.25) is 0 Å². The molecule has 1 aromatic rings. The summed E-state index contributed by atoms with van der Waals surface area (Å²) in [4.78, 5) is 9.32. The Morgan fingerprint density at radius 1 is 1.20 bits per heavy atom. The molecular weight excluding hydrogens is 314 g/mol. The number of nitrogens with zero attached hydrogens (tertiary/aromatic N) is 4. The van der Waals surface area contributed by atoms with Crippen molar-refractivity contribution in [3.8, 4) is 0 Å². The molecule has 1 saturated heterocycles. The van der Waals surface area contributed by atoms with Crippen LogP contribution in [0.15, 0.2) is 21.8 Å². The first kappa shape index (κ1) is 18.2. The van der Waals surface area contributed by atoms with Gasteiger partial charge in [-0.3, -0.25) is 9.89 Å². The van der Waals surface area contributed by atoms with E-state index in [0.29, 0.717) is 0 Å². The maximum absolute atomic E-state index is 4.92. The highest BCUT2D eigenvalue weighted by atomic mass is 16.5. The first-order valence-electron chi connectivity index (χ1n) is 9.85. The maximum atomic E-state index is 4.92. The van der Waals surface area contributed by atoms with Crippen molar-refractivity contribution >= 4 is 5.96 Å². The summed E-state index contributed by atoms with van der Waals surface area (Å²) in [6.07, 6.45) is 8.54. The molecule has 1 aliphatic heterocycles. The lowest BCUT2D eigenvalue weighted by Crippen LogP contribution is -2.52.